The smallest absolute Gasteiger partial charge is 0.326 e. The van der Waals surface area contributed by atoms with E-state index >= 15 is 0 Å². The Morgan fingerprint density at radius 2 is 2.12 bits per heavy atom. The van der Waals surface area contributed by atoms with Gasteiger partial charge in [0.15, 0.2) is 0 Å². The van der Waals surface area contributed by atoms with Crippen molar-refractivity contribution >= 4 is 11.8 Å². The molecule has 0 amide bonds. The number of rotatable bonds is 4. The van der Waals surface area contributed by atoms with Crippen LogP contribution in [-0.2, 0) is 4.79 Å². The van der Waals surface area contributed by atoms with Gasteiger partial charge in [0.25, 0.3) is 0 Å². The summed E-state index contributed by atoms with van der Waals surface area (Å²) in [6.07, 6.45) is 0.536. The number of carboxylic acid groups (broad SMARTS) is 1. The average molecular weight is 223 g/mol. The predicted molar refractivity (Wildman–Crippen MR) is 61.6 cm³/mol. The average Bonchev–Trinajstić information content (AvgIpc) is 2.16. The Hall–Kier alpha value is -1.65. The zero-order chi connectivity index (χ0) is 12.3. The van der Waals surface area contributed by atoms with E-state index in [-0.39, 0.29) is 0 Å². The fourth-order valence-corrected chi connectivity index (χ4v) is 1.65. The van der Waals surface area contributed by atoms with Crippen LogP contribution in [0.3, 0.4) is 0 Å². The summed E-state index contributed by atoms with van der Waals surface area (Å²) in [6, 6.07) is 1.24. The Balaban J connectivity index is 3.02. The Kier molecular flexibility index (Phi) is 3.82. The summed E-state index contributed by atoms with van der Waals surface area (Å²) >= 11 is 0. The first-order valence-electron chi connectivity index (χ1n) is 5.23. The maximum Gasteiger partial charge on any atom is 0.326 e. The molecular weight excluding hydrogens is 206 g/mol. The molecule has 0 aliphatic rings. The van der Waals surface area contributed by atoms with Crippen LogP contribution in [0.25, 0.3) is 0 Å². The van der Waals surface area contributed by atoms with Gasteiger partial charge in [-0.2, -0.15) is 0 Å². The normalized spacial score (nSPS) is 12.2. The van der Waals surface area contributed by atoms with Crippen LogP contribution in [0.15, 0.2) is 6.07 Å². The van der Waals surface area contributed by atoms with E-state index < -0.39 is 12.0 Å². The van der Waals surface area contributed by atoms with Crippen molar-refractivity contribution < 1.29 is 9.90 Å². The van der Waals surface area contributed by atoms with E-state index in [2.05, 4.69) is 9.97 Å². The van der Waals surface area contributed by atoms with Crippen LogP contribution < -0.4 is 4.90 Å². The zero-order valence-electron chi connectivity index (χ0n) is 10.1. The number of anilines is 1. The van der Waals surface area contributed by atoms with Gasteiger partial charge in [-0.3, -0.25) is 0 Å². The molecule has 1 rings (SSSR count). The van der Waals surface area contributed by atoms with Crippen LogP contribution >= 0.6 is 0 Å². The predicted octanol–water partition coefficient (Wildman–Crippen LogP) is 1.39. The minimum atomic E-state index is -0.834. The summed E-state index contributed by atoms with van der Waals surface area (Å²) < 4.78 is 0. The van der Waals surface area contributed by atoms with E-state index in [0.717, 1.165) is 5.69 Å². The monoisotopic (exact) mass is 223 g/mol. The van der Waals surface area contributed by atoms with Crippen LogP contribution in [0.4, 0.5) is 5.82 Å². The van der Waals surface area contributed by atoms with E-state index in [1.54, 1.807) is 24.9 Å². The van der Waals surface area contributed by atoms with E-state index in [9.17, 15) is 4.79 Å². The van der Waals surface area contributed by atoms with Crippen LogP contribution in [0, 0.1) is 13.8 Å². The highest BCUT2D eigenvalue weighted by atomic mass is 16.4. The number of likely N-dealkylation sites (N-methyl/N-ethyl adjacent to an activating group) is 1. The molecule has 0 saturated carbocycles. The summed E-state index contributed by atoms with van der Waals surface area (Å²) in [7, 11) is 1.74. The van der Waals surface area contributed by atoms with Gasteiger partial charge in [-0.1, -0.05) is 6.92 Å². The second-order valence-corrected chi connectivity index (χ2v) is 3.79. The van der Waals surface area contributed by atoms with Gasteiger partial charge in [-0.05, 0) is 20.3 Å². The molecule has 88 valence electrons. The number of hydrogen-bond acceptors (Lipinski definition) is 4. The molecule has 0 aliphatic carbocycles. The number of aliphatic carboxylic acids is 1. The van der Waals surface area contributed by atoms with E-state index in [0.29, 0.717) is 18.1 Å². The molecule has 0 aliphatic heterocycles. The fourth-order valence-electron chi connectivity index (χ4n) is 1.65. The third kappa shape index (κ3) is 2.68. The van der Waals surface area contributed by atoms with Crippen LogP contribution in [0.2, 0.25) is 0 Å². The maximum absolute atomic E-state index is 11.0. The molecule has 1 N–H and O–H groups in total. The van der Waals surface area contributed by atoms with Gasteiger partial charge in [-0.15, -0.1) is 0 Å². The molecule has 0 radical (unpaired) electrons. The van der Waals surface area contributed by atoms with Crippen molar-refractivity contribution in [1.82, 2.24) is 9.97 Å². The largest absolute Gasteiger partial charge is 0.480 e. The molecule has 1 unspecified atom stereocenters. The van der Waals surface area contributed by atoms with Gasteiger partial charge in [0, 0.05) is 18.8 Å². The Morgan fingerprint density at radius 1 is 1.50 bits per heavy atom. The lowest BCUT2D eigenvalue weighted by atomic mass is 10.2. The highest BCUT2D eigenvalue weighted by Crippen LogP contribution is 2.15. The van der Waals surface area contributed by atoms with Gasteiger partial charge in [0.2, 0.25) is 0 Å². The molecule has 5 heteroatoms. The van der Waals surface area contributed by atoms with Gasteiger partial charge >= 0.3 is 5.97 Å². The lowest BCUT2D eigenvalue weighted by Gasteiger charge is -2.25. The van der Waals surface area contributed by atoms with E-state index in [4.69, 9.17) is 5.11 Å². The lowest BCUT2D eigenvalue weighted by Crippen LogP contribution is -2.38. The molecule has 0 saturated heterocycles. The van der Waals surface area contributed by atoms with E-state index in [1.807, 2.05) is 13.8 Å². The van der Waals surface area contributed by atoms with Crippen molar-refractivity contribution in [2.45, 2.75) is 33.2 Å². The molecule has 1 heterocycles. The Bertz CT molecular complexity index is 373. The second-order valence-electron chi connectivity index (χ2n) is 3.79. The first-order valence-corrected chi connectivity index (χ1v) is 5.23. The van der Waals surface area contributed by atoms with Crippen molar-refractivity contribution in [1.29, 1.82) is 0 Å². The highest BCUT2D eigenvalue weighted by Gasteiger charge is 2.21. The van der Waals surface area contributed by atoms with Crippen molar-refractivity contribution in [2.24, 2.45) is 0 Å². The summed E-state index contributed by atoms with van der Waals surface area (Å²) in [5, 5.41) is 9.06. The Morgan fingerprint density at radius 3 is 2.56 bits per heavy atom. The Labute approximate surface area is 95.1 Å². The first kappa shape index (κ1) is 12.4. The van der Waals surface area contributed by atoms with Crippen LogP contribution in [0.5, 0.6) is 0 Å². The topological polar surface area (TPSA) is 66.3 Å². The molecule has 0 spiro atoms. The number of carboxylic acids is 1. The molecule has 5 nitrogen and oxygen atoms in total. The lowest BCUT2D eigenvalue weighted by molar-refractivity contribution is -0.138. The van der Waals surface area contributed by atoms with Crippen molar-refractivity contribution in [3.63, 3.8) is 0 Å². The van der Waals surface area contributed by atoms with Crippen molar-refractivity contribution in [3.05, 3.63) is 17.6 Å². The number of nitrogens with zero attached hydrogens (tertiary/aromatic N) is 3. The van der Waals surface area contributed by atoms with Crippen molar-refractivity contribution in [2.75, 3.05) is 11.9 Å². The van der Waals surface area contributed by atoms with Crippen LogP contribution in [0.1, 0.15) is 24.9 Å². The molecule has 0 fully saturated rings. The summed E-state index contributed by atoms with van der Waals surface area (Å²) in [5.41, 5.74) is 0.842. The highest BCUT2D eigenvalue weighted by molar-refractivity contribution is 5.77. The number of hydrogen-bond donors (Lipinski definition) is 1. The molecule has 16 heavy (non-hydrogen) atoms. The van der Waals surface area contributed by atoms with Crippen molar-refractivity contribution in [3.8, 4) is 0 Å². The standard InChI is InChI=1S/C11H17N3O2/c1-5-9(11(15)16)14(4)10-6-7(2)12-8(3)13-10/h6,9H,5H2,1-4H3,(H,15,16). The molecule has 0 aromatic carbocycles. The molecule has 1 aromatic rings. The van der Waals surface area contributed by atoms with Crippen LogP contribution in [-0.4, -0.2) is 34.1 Å². The summed E-state index contributed by atoms with van der Waals surface area (Å²) in [4.78, 5) is 21.1. The third-order valence-corrected chi connectivity index (χ3v) is 2.45. The minimum Gasteiger partial charge on any atom is -0.480 e. The van der Waals surface area contributed by atoms with E-state index in [1.165, 1.54) is 0 Å². The zero-order valence-corrected chi connectivity index (χ0v) is 10.1. The van der Waals surface area contributed by atoms with Gasteiger partial charge < -0.3 is 10.0 Å². The number of aryl methyl sites for hydroxylation is 2. The van der Waals surface area contributed by atoms with Gasteiger partial charge in [-0.25, -0.2) is 14.8 Å². The third-order valence-electron chi connectivity index (χ3n) is 2.45. The molecule has 0 bridgehead atoms. The summed E-state index contributed by atoms with van der Waals surface area (Å²) in [5.74, 6) is 0.472. The number of aromatic nitrogens is 2. The quantitative estimate of drug-likeness (QED) is 0.835. The van der Waals surface area contributed by atoms with Gasteiger partial charge in [0.1, 0.15) is 17.7 Å². The van der Waals surface area contributed by atoms with Gasteiger partial charge in [0.05, 0.1) is 0 Å². The SMILES string of the molecule is CCC(C(=O)O)N(C)c1cc(C)nc(C)n1. The molecule has 1 aromatic heterocycles. The minimum absolute atomic E-state index is 0.536. The summed E-state index contributed by atoms with van der Waals surface area (Å²) in [6.45, 7) is 5.51. The maximum atomic E-state index is 11.0. The first-order chi connectivity index (χ1) is 7.45. The molecular formula is C11H17N3O2. The fraction of sp³-hybridized carbons (Fsp3) is 0.545. The number of carbonyl (C=O) groups is 1. The molecule has 1 atom stereocenters. The second kappa shape index (κ2) is 4.92.